The third-order valence-electron chi connectivity index (χ3n) is 3.42. The lowest BCUT2D eigenvalue weighted by Crippen LogP contribution is -2.42. The van der Waals surface area contributed by atoms with E-state index in [1.165, 1.54) is 0 Å². The van der Waals surface area contributed by atoms with Crippen molar-refractivity contribution in [1.82, 2.24) is 9.88 Å². The van der Waals surface area contributed by atoms with Gasteiger partial charge >= 0.3 is 0 Å². The predicted molar refractivity (Wildman–Crippen MR) is 80.8 cm³/mol. The van der Waals surface area contributed by atoms with Crippen molar-refractivity contribution < 1.29 is 9.53 Å². The third-order valence-corrected chi connectivity index (χ3v) is 4.56. The molecule has 110 valence electrons. The van der Waals surface area contributed by atoms with Gasteiger partial charge in [-0.05, 0) is 24.3 Å². The smallest absolute Gasteiger partial charge is 0.254 e. The van der Waals surface area contributed by atoms with E-state index in [2.05, 4.69) is 4.98 Å². The van der Waals surface area contributed by atoms with E-state index >= 15 is 0 Å². The van der Waals surface area contributed by atoms with Gasteiger partial charge < -0.3 is 15.4 Å². The van der Waals surface area contributed by atoms with Gasteiger partial charge in [0, 0.05) is 43.8 Å². The molecule has 0 aliphatic carbocycles. The molecule has 2 N–H and O–H groups in total. The van der Waals surface area contributed by atoms with Crippen LogP contribution in [0.2, 0.25) is 0 Å². The van der Waals surface area contributed by atoms with Gasteiger partial charge in [0.05, 0.1) is 12.3 Å². The number of hydrogen-bond donors (Lipinski definition) is 1. The van der Waals surface area contributed by atoms with Crippen molar-refractivity contribution in [3.05, 3.63) is 29.6 Å². The van der Waals surface area contributed by atoms with E-state index in [9.17, 15) is 4.79 Å². The molecular weight excluding hydrogens is 274 g/mol. The largest absolute Gasteiger partial charge is 0.383 e. The average Bonchev–Trinajstić information content (AvgIpc) is 3.01. The molecule has 0 saturated carbocycles. The lowest BCUT2D eigenvalue weighted by atomic mass is 10.1. The predicted octanol–water partition coefficient (Wildman–Crippen LogP) is 1.13. The number of hydrogen-bond acceptors (Lipinski definition) is 5. The van der Waals surface area contributed by atoms with Gasteiger partial charge in [-0.3, -0.25) is 9.78 Å². The number of rotatable bonds is 6. The first-order valence-corrected chi connectivity index (χ1v) is 7.94. The molecule has 1 unspecified atom stereocenters. The van der Waals surface area contributed by atoms with Crippen LogP contribution in [0, 0.1) is 0 Å². The zero-order valence-corrected chi connectivity index (χ0v) is 12.6. The Bertz CT molecular complexity index is 450. The van der Waals surface area contributed by atoms with Crippen LogP contribution in [0.15, 0.2) is 18.3 Å². The fraction of sp³-hybridized carbons (Fsp3) is 0.571. The number of amides is 1. The summed E-state index contributed by atoms with van der Waals surface area (Å²) in [5.41, 5.74) is 6.99. The SMILES string of the molecule is COCCN(C(=O)c1ccnc(CN)c1)C1CCSC1. The van der Waals surface area contributed by atoms with Crippen LogP contribution >= 0.6 is 11.8 Å². The molecule has 1 aromatic heterocycles. The zero-order chi connectivity index (χ0) is 14.4. The summed E-state index contributed by atoms with van der Waals surface area (Å²) in [6.45, 7) is 1.53. The Labute approximate surface area is 123 Å². The topological polar surface area (TPSA) is 68.5 Å². The quantitative estimate of drug-likeness (QED) is 0.852. The molecule has 0 spiro atoms. The van der Waals surface area contributed by atoms with E-state index in [1.54, 1.807) is 25.4 Å². The number of ether oxygens (including phenoxy) is 1. The Kier molecular flexibility index (Phi) is 5.82. The maximum atomic E-state index is 12.7. The van der Waals surface area contributed by atoms with E-state index in [0.717, 1.165) is 23.6 Å². The molecule has 2 rings (SSSR count). The van der Waals surface area contributed by atoms with Crippen molar-refractivity contribution in [2.75, 3.05) is 31.8 Å². The number of aromatic nitrogens is 1. The van der Waals surface area contributed by atoms with Gasteiger partial charge in [0.2, 0.25) is 0 Å². The van der Waals surface area contributed by atoms with Crippen LogP contribution < -0.4 is 5.73 Å². The first-order valence-electron chi connectivity index (χ1n) is 6.79. The number of nitrogens with two attached hydrogens (primary N) is 1. The molecule has 6 heteroatoms. The maximum absolute atomic E-state index is 12.7. The highest BCUT2D eigenvalue weighted by molar-refractivity contribution is 7.99. The molecule has 0 aromatic carbocycles. The van der Waals surface area contributed by atoms with Crippen molar-refractivity contribution in [2.45, 2.75) is 19.0 Å². The molecule has 2 heterocycles. The molecule has 1 fully saturated rings. The van der Waals surface area contributed by atoms with Gasteiger partial charge in [0.15, 0.2) is 0 Å². The third kappa shape index (κ3) is 3.71. The Morgan fingerprint density at radius 2 is 2.50 bits per heavy atom. The summed E-state index contributed by atoms with van der Waals surface area (Å²) in [4.78, 5) is 18.8. The molecule has 1 saturated heterocycles. The molecule has 20 heavy (non-hydrogen) atoms. The summed E-state index contributed by atoms with van der Waals surface area (Å²) < 4.78 is 5.13. The second-order valence-electron chi connectivity index (χ2n) is 4.75. The molecule has 5 nitrogen and oxygen atoms in total. The van der Waals surface area contributed by atoms with Crippen molar-refractivity contribution in [3.8, 4) is 0 Å². The molecule has 1 aliphatic rings. The number of methoxy groups -OCH3 is 1. The molecule has 0 bridgehead atoms. The Hall–Kier alpha value is -1.11. The highest BCUT2D eigenvalue weighted by Crippen LogP contribution is 2.23. The molecule has 1 aliphatic heterocycles. The number of pyridine rings is 1. The molecule has 1 aromatic rings. The van der Waals surface area contributed by atoms with Crippen molar-refractivity contribution >= 4 is 17.7 Å². The van der Waals surface area contributed by atoms with Gasteiger partial charge in [-0.2, -0.15) is 11.8 Å². The molecule has 1 amide bonds. The summed E-state index contributed by atoms with van der Waals surface area (Å²) in [6, 6.07) is 3.84. The minimum atomic E-state index is 0.0478. The van der Waals surface area contributed by atoms with Crippen LogP contribution in [-0.4, -0.2) is 53.6 Å². The number of carbonyl (C=O) groups is 1. The van der Waals surface area contributed by atoms with E-state index in [0.29, 0.717) is 31.3 Å². The Balaban J connectivity index is 2.15. The molecular formula is C14H21N3O2S. The van der Waals surface area contributed by atoms with Crippen molar-refractivity contribution in [3.63, 3.8) is 0 Å². The van der Waals surface area contributed by atoms with Crippen molar-refractivity contribution in [2.24, 2.45) is 5.73 Å². The maximum Gasteiger partial charge on any atom is 0.254 e. The lowest BCUT2D eigenvalue weighted by Gasteiger charge is -2.28. The first-order chi connectivity index (χ1) is 9.76. The van der Waals surface area contributed by atoms with Crippen molar-refractivity contribution in [1.29, 1.82) is 0 Å². The second-order valence-corrected chi connectivity index (χ2v) is 5.90. The van der Waals surface area contributed by atoms with E-state index in [-0.39, 0.29) is 5.91 Å². The summed E-state index contributed by atoms with van der Waals surface area (Å²) >= 11 is 1.90. The van der Waals surface area contributed by atoms with Crippen LogP contribution in [0.5, 0.6) is 0 Å². The highest BCUT2D eigenvalue weighted by Gasteiger charge is 2.27. The van der Waals surface area contributed by atoms with Crippen LogP contribution in [0.3, 0.4) is 0 Å². The van der Waals surface area contributed by atoms with Crippen LogP contribution in [0.4, 0.5) is 0 Å². The number of thioether (sulfide) groups is 1. The van der Waals surface area contributed by atoms with Gasteiger partial charge in [0.25, 0.3) is 5.91 Å². The standard InChI is InChI=1S/C14H21N3O2S/c1-19-6-5-17(13-3-7-20-10-13)14(18)11-2-4-16-12(8-11)9-15/h2,4,8,13H,3,5-7,9-10,15H2,1H3. The minimum absolute atomic E-state index is 0.0478. The van der Waals surface area contributed by atoms with E-state index < -0.39 is 0 Å². The van der Waals surface area contributed by atoms with Gasteiger partial charge in [-0.1, -0.05) is 0 Å². The first kappa shape index (κ1) is 15.3. The number of nitrogens with zero attached hydrogens (tertiary/aromatic N) is 2. The van der Waals surface area contributed by atoms with Gasteiger partial charge in [-0.15, -0.1) is 0 Å². The fourth-order valence-corrected chi connectivity index (χ4v) is 3.52. The molecule has 0 radical (unpaired) electrons. The average molecular weight is 295 g/mol. The monoisotopic (exact) mass is 295 g/mol. The summed E-state index contributed by atoms with van der Waals surface area (Å²) in [5.74, 6) is 2.17. The van der Waals surface area contributed by atoms with Gasteiger partial charge in [0.1, 0.15) is 0 Å². The van der Waals surface area contributed by atoms with E-state index in [4.69, 9.17) is 10.5 Å². The number of carbonyl (C=O) groups excluding carboxylic acids is 1. The second kappa shape index (κ2) is 7.61. The summed E-state index contributed by atoms with van der Waals surface area (Å²) in [6.07, 6.45) is 2.70. The Morgan fingerprint density at radius 1 is 1.65 bits per heavy atom. The lowest BCUT2D eigenvalue weighted by molar-refractivity contribution is 0.0624. The van der Waals surface area contributed by atoms with Crippen LogP contribution in [-0.2, 0) is 11.3 Å². The molecule has 1 atom stereocenters. The minimum Gasteiger partial charge on any atom is -0.383 e. The summed E-state index contributed by atoms with van der Waals surface area (Å²) in [5, 5.41) is 0. The highest BCUT2D eigenvalue weighted by atomic mass is 32.2. The van der Waals surface area contributed by atoms with Crippen LogP contribution in [0.1, 0.15) is 22.5 Å². The van der Waals surface area contributed by atoms with E-state index in [1.807, 2.05) is 16.7 Å². The normalized spacial score (nSPS) is 18.2. The van der Waals surface area contributed by atoms with Gasteiger partial charge in [-0.25, -0.2) is 0 Å². The summed E-state index contributed by atoms with van der Waals surface area (Å²) in [7, 11) is 1.66. The van der Waals surface area contributed by atoms with Crippen LogP contribution in [0.25, 0.3) is 0 Å². The zero-order valence-electron chi connectivity index (χ0n) is 11.7. The Morgan fingerprint density at radius 3 is 3.15 bits per heavy atom. The fourth-order valence-electron chi connectivity index (χ4n) is 2.30.